The van der Waals surface area contributed by atoms with Crippen LogP contribution in [0.15, 0.2) is 18.2 Å². The van der Waals surface area contributed by atoms with Crippen LogP contribution in [0.5, 0.6) is 0 Å². The second-order valence-corrected chi connectivity index (χ2v) is 5.00. The molecule has 0 spiro atoms. The number of rotatable bonds is 5. The van der Waals surface area contributed by atoms with Crippen LogP contribution in [-0.4, -0.2) is 21.3 Å². The second kappa shape index (κ2) is 6.17. The van der Waals surface area contributed by atoms with E-state index >= 15 is 0 Å². The third-order valence-electron chi connectivity index (χ3n) is 2.89. The molecule has 1 aromatic heterocycles. The van der Waals surface area contributed by atoms with Crippen LogP contribution >= 0.6 is 11.6 Å². The summed E-state index contributed by atoms with van der Waals surface area (Å²) < 4.78 is 1.87. The Hall–Kier alpha value is -1.39. The van der Waals surface area contributed by atoms with Crippen LogP contribution in [0, 0.1) is 13.8 Å². The van der Waals surface area contributed by atoms with Crippen molar-refractivity contribution in [3.8, 4) is 5.69 Å². The zero-order valence-electron chi connectivity index (χ0n) is 11.6. The lowest BCUT2D eigenvalue weighted by Crippen LogP contribution is -2.16. The van der Waals surface area contributed by atoms with E-state index in [2.05, 4.69) is 22.3 Å². The molecule has 1 aromatic carbocycles. The minimum atomic E-state index is 0.742. The van der Waals surface area contributed by atoms with Crippen molar-refractivity contribution in [2.45, 2.75) is 33.7 Å². The molecule has 1 heterocycles. The van der Waals surface area contributed by atoms with Crippen LogP contribution in [0.1, 0.15) is 30.6 Å². The predicted molar refractivity (Wildman–Crippen MR) is 77.8 cm³/mol. The first-order valence-electron chi connectivity index (χ1n) is 6.51. The van der Waals surface area contributed by atoms with Crippen LogP contribution in [0.2, 0.25) is 5.02 Å². The molecule has 0 aliphatic carbocycles. The van der Waals surface area contributed by atoms with Crippen molar-refractivity contribution in [3.05, 3.63) is 40.4 Å². The molecule has 5 heteroatoms. The lowest BCUT2D eigenvalue weighted by atomic mass is 10.1. The summed E-state index contributed by atoms with van der Waals surface area (Å²) in [7, 11) is 0. The van der Waals surface area contributed by atoms with Crippen LogP contribution in [0.4, 0.5) is 0 Å². The average Bonchev–Trinajstić information content (AvgIpc) is 2.69. The fourth-order valence-electron chi connectivity index (χ4n) is 2.05. The van der Waals surface area contributed by atoms with Gasteiger partial charge in [-0.1, -0.05) is 18.5 Å². The van der Waals surface area contributed by atoms with Gasteiger partial charge in [0.1, 0.15) is 11.6 Å². The highest BCUT2D eigenvalue weighted by molar-refractivity contribution is 6.30. The first-order valence-corrected chi connectivity index (χ1v) is 6.89. The minimum Gasteiger partial charge on any atom is -0.313 e. The van der Waals surface area contributed by atoms with Crippen molar-refractivity contribution in [3.63, 3.8) is 0 Å². The quantitative estimate of drug-likeness (QED) is 0.855. The zero-order valence-corrected chi connectivity index (χ0v) is 12.3. The second-order valence-electron chi connectivity index (χ2n) is 4.57. The van der Waals surface area contributed by atoms with E-state index in [-0.39, 0.29) is 0 Å². The molecule has 0 bridgehead atoms. The van der Waals surface area contributed by atoms with Crippen LogP contribution < -0.4 is 5.32 Å². The van der Waals surface area contributed by atoms with E-state index in [1.165, 1.54) is 0 Å². The Morgan fingerprint density at radius 2 is 2.11 bits per heavy atom. The van der Waals surface area contributed by atoms with Crippen molar-refractivity contribution in [2.75, 3.05) is 6.54 Å². The average molecular weight is 279 g/mol. The highest BCUT2D eigenvalue weighted by Crippen LogP contribution is 2.20. The van der Waals surface area contributed by atoms with Gasteiger partial charge in [0, 0.05) is 11.6 Å². The Labute approximate surface area is 118 Å². The van der Waals surface area contributed by atoms with Crippen LogP contribution in [-0.2, 0) is 6.54 Å². The largest absolute Gasteiger partial charge is 0.313 e. The summed E-state index contributed by atoms with van der Waals surface area (Å²) in [5, 5.41) is 8.57. The SMILES string of the molecule is CCCNCc1cc(Cl)ccc1-n1nc(C)nc1C. The molecule has 0 aliphatic heterocycles. The Bertz CT molecular complexity index is 563. The molecule has 102 valence electrons. The Morgan fingerprint density at radius 3 is 2.74 bits per heavy atom. The van der Waals surface area contributed by atoms with Gasteiger partial charge in [-0.2, -0.15) is 5.10 Å². The van der Waals surface area contributed by atoms with Gasteiger partial charge in [-0.3, -0.25) is 0 Å². The van der Waals surface area contributed by atoms with Gasteiger partial charge in [-0.25, -0.2) is 9.67 Å². The van der Waals surface area contributed by atoms with Crippen molar-refractivity contribution < 1.29 is 0 Å². The fourth-order valence-corrected chi connectivity index (χ4v) is 2.25. The number of benzene rings is 1. The molecule has 0 radical (unpaired) electrons. The van der Waals surface area contributed by atoms with E-state index < -0.39 is 0 Å². The summed E-state index contributed by atoms with van der Waals surface area (Å²) in [5.41, 5.74) is 2.17. The molecule has 0 atom stereocenters. The molecule has 2 rings (SSSR count). The molecule has 1 N–H and O–H groups in total. The summed E-state index contributed by atoms with van der Waals surface area (Å²) in [5.74, 6) is 1.66. The van der Waals surface area contributed by atoms with Crippen molar-refractivity contribution >= 4 is 11.6 Å². The number of halogens is 1. The van der Waals surface area contributed by atoms with Gasteiger partial charge in [-0.15, -0.1) is 0 Å². The lowest BCUT2D eigenvalue weighted by Gasteiger charge is -2.11. The van der Waals surface area contributed by atoms with Gasteiger partial charge in [0.15, 0.2) is 0 Å². The highest BCUT2D eigenvalue weighted by Gasteiger charge is 2.10. The predicted octanol–water partition coefficient (Wildman–Crippen LogP) is 3.04. The smallest absolute Gasteiger partial charge is 0.148 e. The zero-order chi connectivity index (χ0) is 13.8. The Kier molecular flexibility index (Phi) is 4.56. The number of nitrogens with zero attached hydrogens (tertiary/aromatic N) is 3. The number of nitrogens with one attached hydrogen (secondary N) is 1. The molecule has 0 saturated carbocycles. The molecule has 0 unspecified atom stereocenters. The van der Waals surface area contributed by atoms with E-state index in [1.807, 2.05) is 36.7 Å². The maximum atomic E-state index is 6.09. The van der Waals surface area contributed by atoms with Gasteiger partial charge in [0.2, 0.25) is 0 Å². The van der Waals surface area contributed by atoms with E-state index in [4.69, 9.17) is 11.6 Å². The number of aromatic nitrogens is 3. The molecule has 2 aromatic rings. The first-order chi connectivity index (χ1) is 9.11. The van der Waals surface area contributed by atoms with Gasteiger partial charge >= 0.3 is 0 Å². The molecule has 0 aliphatic rings. The topological polar surface area (TPSA) is 42.7 Å². The molecular weight excluding hydrogens is 260 g/mol. The van der Waals surface area contributed by atoms with Crippen LogP contribution in [0.3, 0.4) is 0 Å². The normalized spacial score (nSPS) is 10.9. The molecule has 0 saturated heterocycles. The number of hydrogen-bond acceptors (Lipinski definition) is 3. The summed E-state index contributed by atoms with van der Waals surface area (Å²) in [6.45, 7) is 7.77. The molecule has 0 amide bonds. The lowest BCUT2D eigenvalue weighted by molar-refractivity contribution is 0.669. The van der Waals surface area contributed by atoms with E-state index in [0.29, 0.717) is 0 Å². The van der Waals surface area contributed by atoms with E-state index in [1.54, 1.807) is 0 Å². The van der Waals surface area contributed by atoms with Gasteiger partial charge in [0.05, 0.1) is 5.69 Å². The van der Waals surface area contributed by atoms with Gasteiger partial charge < -0.3 is 5.32 Å². The fraction of sp³-hybridized carbons (Fsp3) is 0.429. The molecular formula is C14H19ClN4. The van der Waals surface area contributed by atoms with Crippen molar-refractivity contribution in [1.29, 1.82) is 0 Å². The molecule has 0 fully saturated rings. The summed E-state index contributed by atoms with van der Waals surface area (Å²) in [6.07, 6.45) is 1.11. The number of aryl methyl sites for hydroxylation is 2. The van der Waals surface area contributed by atoms with Gasteiger partial charge in [0.25, 0.3) is 0 Å². The maximum absolute atomic E-state index is 6.09. The minimum absolute atomic E-state index is 0.742. The number of hydrogen-bond donors (Lipinski definition) is 1. The molecule has 4 nitrogen and oxygen atoms in total. The Balaban J connectivity index is 2.36. The first kappa shape index (κ1) is 14.0. The molecule has 19 heavy (non-hydrogen) atoms. The maximum Gasteiger partial charge on any atom is 0.148 e. The van der Waals surface area contributed by atoms with E-state index in [9.17, 15) is 0 Å². The Morgan fingerprint density at radius 1 is 1.32 bits per heavy atom. The van der Waals surface area contributed by atoms with E-state index in [0.717, 1.165) is 47.4 Å². The van der Waals surface area contributed by atoms with Crippen molar-refractivity contribution in [2.24, 2.45) is 0 Å². The van der Waals surface area contributed by atoms with Gasteiger partial charge in [-0.05, 0) is 50.6 Å². The third-order valence-corrected chi connectivity index (χ3v) is 3.12. The highest BCUT2D eigenvalue weighted by atomic mass is 35.5. The summed E-state index contributed by atoms with van der Waals surface area (Å²) in [4.78, 5) is 4.35. The van der Waals surface area contributed by atoms with Crippen molar-refractivity contribution in [1.82, 2.24) is 20.1 Å². The standard InChI is InChI=1S/C14H19ClN4/c1-4-7-16-9-12-8-13(15)5-6-14(12)19-11(3)17-10(2)18-19/h5-6,8,16H,4,7,9H2,1-3H3. The summed E-state index contributed by atoms with van der Waals surface area (Å²) >= 11 is 6.09. The third kappa shape index (κ3) is 3.33. The summed E-state index contributed by atoms with van der Waals surface area (Å²) in [6, 6.07) is 5.86. The van der Waals surface area contributed by atoms with Crippen LogP contribution in [0.25, 0.3) is 5.69 Å². The monoisotopic (exact) mass is 278 g/mol.